The Morgan fingerprint density at radius 3 is 2.43 bits per heavy atom. The van der Waals surface area contributed by atoms with Crippen molar-refractivity contribution in [2.75, 3.05) is 19.8 Å². The van der Waals surface area contributed by atoms with Crippen molar-refractivity contribution in [1.82, 2.24) is 10.2 Å². The maximum absolute atomic E-state index is 11.8. The van der Waals surface area contributed by atoms with Gasteiger partial charge >= 0.3 is 5.97 Å². The summed E-state index contributed by atoms with van der Waals surface area (Å²) in [6, 6.07) is 7.20. The maximum atomic E-state index is 11.8. The van der Waals surface area contributed by atoms with Gasteiger partial charge in [-0.1, -0.05) is 23.7 Å². The van der Waals surface area contributed by atoms with Crippen LogP contribution in [-0.4, -0.2) is 41.6 Å². The highest BCUT2D eigenvalue weighted by molar-refractivity contribution is 6.30. The van der Waals surface area contributed by atoms with Crippen LogP contribution in [0, 0.1) is 5.92 Å². The molecule has 1 fully saturated rings. The van der Waals surface area contributed by atoms with E-state index >= 15 is 0 Å². The summed E-state index contributed by atoms with van der Waals surface area (Å²) < 4.78 is 0. The van der Waals surface area contributed by atoms with E-state index in [0.29, 0.717) is 44.0 Å². The largest absolute Gasteiger partial charge is 0.481 e. The molecule has 0 bridgehead atoms. The molecule has 1 aliphatic heterocycles. The van der Waals surface area contributed by atoms with Crippen LogP contribution in [0.15, 0.2) is 24.3 Å². The number of carboxylic acids is 1. The lowest BCUT2D eigenvalue weighted by atomic mass is 9.97. The number of rotatable bonds is 5. The first kappa shape index (κ1) is 15.8. The Labute approximate surface area is 128 Å². The number of benzene rings is 1. The fraction of sp³-hybridized carbons (Fsp3) is 0.467. The summed E-state index contributed by atoms with van der Waals surface area (Å²) in [5.41, 5.74) is 0.918. The maximum Gasteiger partial charge on any atom is 0.306 e. The van der Waals surface area contributed by atoms with E-state index in [1.54, 1.807) is 12.1 Å². The minimum Gasteiger partial charge on any atom is -0.481 e. The third-order valence-electron chi connectivity index (χ3n) is 3.71. The zero-order valence-electron chi connectivity index (χ0n) is 11.7. The molecule has 0 radical (unpaired) electrons. The quantitative estimate of drug-likeness (QED) is 0.869. The fourth-order valence-electron chi connectivity index (χ4n) is 2.39. The molecule has 114 valence electrons. The lowest BCUT2D eigenvalue weighted by Gasteiger charge is -2.29. The van der Waals surface area contributed by atoms with E-state index in [1.807, 2.05) is 12.1 Å². The first-order valence-corrected chi connectivity index (χ1v) is 7.38. The van der Waals surface area contributed by atoms with Crippen molar-refractivity contribution in [1.29, 1.82) is 0 Å². The number of amides is 1. The van der Waals surface area contributed by atoms with Gasteiger partial charge in [-0.05, 0) is 30.5 Å². The topological polar surface area (TPSA) is 69.6 Å². The number of hydrogen-bond acceptors (Lipinski definition) is 3. The average Bonchev–Trinajstić information content (AvgIpc) is 2.48. The van der Waals surface area contributed by atoms with Crippen LogP contribution >= 0.6 is 11.6 Å². The van der Waals surface area contributed by atoms with Gasteiger partial charge in [0.05, 0.1) is 19.0 Å². The van der Waals surface area contributed by atoms with E-state index in [0.717, 1.165) is 5.56 Å². The normalized spacial score (nSPS) is 16.6. The summed E-state index contributed by atoms with van der Waals surface area (Å²) in [7, 11) is 0. The molecule has 2 N–H and O–H groups in total. The third kappa shape index (κ3) is 5.02. The van der Waals surface area contributed by atoms with Gasteiger partial charge in [-0.3, -0.25) is 14.5 Å². The smallest absolute Gasteiger partial charge is 0.306 e. The van der Waals surface area contributed by atoms with Gasteiger partial charge in [-0.2, -0.15) is 0 Å². The third-order valence-corrected chi connectivity index (χ3v) is 3.97. The lowest BCUT2D eigenvalue weighted by Crippen LogP contribution is -2.43. The molecule has 1 saturated heterocycles. The van der Waals surface area contributed by atoms with Crippen LogP contribution in [0.1, 0.15) is 18.4 Å². The molecule has 21 heavy (non-hydrogen) atoms. The molecule has 0 atom stereocenters. The molecule has 0 spiro atoms. The number of carboxylic acid groups (broad SMARTS) is 1. The predicted molar refractivity (Wildman–Crippen MR) is 80.1 cm³/mol. The van der Waals surface area contributed by atoms with Gasteiger partial charge in [0, 0.05) is 18.1 Å². The first-order valence-electron chi connectivity index (χ1n) is 7.01. The molecule has 0 aromatic heterocycles. The molecule has 1 heterocycles. The average molecular weight is 311 g/mol. The van der Waals surface area contributed by atoms with Crippen molar-refractivity contribution in [2.24, 2.45) is 5.92 Å². The van der Waals surface area contributed by atoms with E-state index in [-0.39, 0.29) is 11.8 Å². The monoisotopic (exact) mass is 310 g/mol. The fourth-order valence-corrected chi connectivity index (χ4v) is 2.51. The van der Waals surface area contributed by atoms with Crippen LogP contribution in [0.4, 0.5) is 0 Å². The van der Waals surface area contributed by atoms with Crippen LogP contribution in [0.5, 0.6) is 0 Å². The Morgan fingerprint density at radius 1 is 1.24 bits per heavy atom. The van der Waals surface area contributed by atoms with Crippen LogP contribution in [0.2, 0.25) is 5.02 Å². The number of nitrogens with zero attached hydrogens (tertiary/aromatic N) is 1. The molecule has 0 unspecified atom stereocenters. The highest BCUT2D eigenvalue weighted by atomic mass is 35.5. The highest BCUT2D eigenvalue weighted by Crippen LogP contribution is 2.16. The number of hydrogen-bond donors (Lipinski definition) is 2. The predicted octanol–water partition coefficient (Wildman–Crippen LogP) is 1.75. The minimum atomic E-state index is -0.721. The number of piperidine rings is 1. The zero-order valence-corrected chi connectivity index (χ0v) is 12.5. The molecule has 1 amide bonds. The molecule has 1 aliphatic rings. The zero-order chi connectivity index (χ0) is 15.2. The summed E-state index contributed by atoms with van der Waals surface area (Å²) in [4.78, 5) is 24.8. The standard InChI is InChI=1S/C15H19ClN2O3/c16-13-3-1-11(2-4-13)9-14(19)17-10-18-7-5-12(6-8-18)15(20)21/h1-4,12H,5-10H2,(H,17,19)(H,20,21). The summed E-state index contributed by atoms with van der Waals surface area (Å²) >= 11 is 5.80. The Balaban J connectivity index is 1.70. The SMILES string of the molecule is O=C(Cc1ccc(Cl)cc1)NCN1CCC(C(=O)O)CC1. The van der Waals surface area contributed by atoms with Crippen LogP contribution in [0.25, 0.3) is 0 Å². The molecule has 0 aliphatic carbocycles. The van der Waals surface area contributed by atoms with Gasteiger partial charge in [0.1, 0.15) is 0 Å². The Kier molecular flexibility index (Phi) is 5.59. The molecule has 2 rings (SSSR count). The van der Waals surface area contributed by atoms with E-state index in [2.05, 4.69) is 10.2 Å². The molecule has 1 aromatic rings. The molecule has 6 heteroatoms. The van der Waals surface area contributed by atoms with E-state index in [9.17, 15) is 9.59 Å². The summed E-state index contributed by atoms with van der Waals surface area (Å²) in [5, 5.41) is 12.4. The Hall–Kier alpha value is -1.59. The van der Waals surface area contributed by atoms with E-state index in [4.69, 9.17) is 16.7 Å². The number of carbonyl (C=O) groups excluding carboxylic acids is 1. The van der Waals surface area contributed by atoms with Gasteiger partial charge in [0.2, 0.25) is 5.91 Å². The number of likely N-dealkylation sites (tertiary alicyclic amines) is 1. The first-order chi connectivity index (χ1) is 10.0. The van der Waals surface area contributed by atoms with Gasteiger partial charge < -0.3 is 10.4 Å². The van der Waals surface area contributed by atoms with Gasteiger partial charge in [0.15, 0.2) is 0 Å². The Morgan fingerprint density at radius 2 is 1.86 bits per heavy atom. The van der Waals surface area contributed by atoms with Gasteiger partial charge in [-0.15, -0.1) is 0 Å². The van der Waals surface area contributed by atoms with Crippen molar-refractivity contribution in [2.45, 2.75) is 19.3 Å². The number of aliphatic carboxylic acids is 1. The van der Waals surface area contributed by atoms with Crippen LogP contribution in [-0.2, 0) is 16.0 Å². The second-order valence-electron chi connectivity index (χ2n) is 5.29. The number of carbonyl (C=O) groups is 2. The van der Waals surface area contributed by atoms with Crippen molar-refractivity contribution in [3.05, 3.63) is 34.9 Å². The van der Waals surface area contributed by atoms with Crippen LogP contribution in [0.3, 0.4) is 0 Å². The van der Waals surface area contributed by atoms with Gasteiger partial charge in [0.25, 0.3) is 0 Å². The molecule has 1 aromatic carbocycles. The van der Waals surface area contributed by atoms with Crippen molar-refractivity contribution >= 4 is 23.5 Å². The van der Waals surface area contributed by atoms with Crippen LogP contribution < -0.4 is 5.32 Å². The summed E-state index contributed by atoms with van der Waals surface area (Å²) in [5.74, 6) is -1.01. The molecular formula is C15H19ClN2O3. The summed E-state index contributed by atoms with van der Waals surface area (Å²) in [6.45, 7) is 1.88. The minimum absolute atomic E-state index is 0.0438. The summed E-state index contributed by atoms with van der Waals surface area (Å²) in [6.07, 6.45) is 1.60. The highest BCUT2D eigenvalue weighted by Gasteiger charge is 2.24. The van der Waals surface area contributed by atoms with Crippen molar-refractivity contribution in [3.8, 4) is 0 Å². The molecular weight excluding hydrogens is 292 g/mol. The molecule has 5 nitrogen and oxygen atoms in total. The second-order valence-corrected chi connectivity index (χ2v) is 5.73. The second kappa shape index (κ2) is 7.43. The lowest BCUT2D eigenvalue weighted by molar-refractivity contribution is -0.143. The van der Waals surface area contributed by atoms with Gasteiger partial charge in [-0.25, -0.2) is 0 Å². The number of halogens is 1. The Bertz CT molecular complexity index is 496. The molecule has 0 saturated carbocycles. The number of nitrogens with one attached hydrogen (secondary N) is 1. The van der Waals surface area contributed by atoms with Crippen molar-refractivity contribution in [3.63, 3.8) is 0 Å². The van der Waals surface area contributed by atoms with Crippen molar-refractivity contribution < 1.29 is 14.7 Å². The van der Waals surface area contributed by atoms with E-state index in [1.165, 1.54) is 0 Å². The van der Waals surface area contributed by atoms with E-state index < -0.39 is 5.97 Å².